The van der Waals surface area contributed by atoms with Crippen LogP contribution in [0, 0.1) is 0 Å². The van der Waals surface area contributed by atoms with Crippen molar-refractivity contribution in [3.05, 3.63) is 0 Å². The Kier molecular flexibility index (Phi) is 6.25. The minimum Gasteiger partial charge on any atom is -0.390 e. The van der Waals surface area contributed by atoms with Gasteiger partial charge in [-0.25, -0.2) is 0 Å². The highest BCUT2D eigenvalue weighted by molar-refractivity contribution is 5.99. The van der Waals surface area contributed by atoms with Crippen LogP contribution in [0.3, 0.4) is 0 Å². The lowest BCUT2D eigenvalue weighted by molar-refractivity contribution is -0.295. The number of rotatable bonds is 8. The first-order valence-electron chi connectivity index (χ1n) is 7.22. The Bertz CT molecular complexity index is 537. The molecule has 9 heteroatoms. The molecule has 0 aromatic carbocycles. The van der Waals surface area contributed by atoms with Crippen molar-refractivity contribution in [3.63, 3.8) is 0 Å². The fraction of sp³-hybridized carbons (Fsp3) is 0.800. The topological polar surface area (TPSA) is 173 Å². The molecular weight excluding hydrogens is 324 g/mol. The van der Waals surface area contributed by atoms with E-state index >= 15 is 0 Å². The third-order valence-electron chi connectivity index (χ3n) is 4.81. The minimum absolute atomic E-state index is 0.664. The van der Waals surface area contributed by atoms with Gasteiger partial charge in [0.1, 0.15) is 17.3 Å². The van der Waals surface area contributed by atoms with Gasteiger partial charge in [0.2, 0.25) is 0 Å². The molecule has 6 atom stereocenters. The number of hydrogen-bond donors (Lipinski definition) is 6. The van der Waals surface area contributed by atoms with Crippen LogP contribution in [0.5, 0.6) is 0 Å². The van der Waals surface area contributed by atoms with Crippen LogP contribution in [0.25, 0.3) is 0 Å². The Balaban J connectivity index is 6.79. The summed E-state index contributed by atoms with van der Waals surface area (Å²) >= 11 is 0. The summed E-state index contributed by atoms with van der Waals surface area (Å²) in [5, 5.41) is 62.2. The lowest BCUT2D eigenvalue weighted by atomic mass is 9.59. The highest BCUT2D eigenvalue weighted by Crippen LogP contribution is 2.44. The van der Waals surface area contributed by atoms with Gasteiger partial charge in [0.25, 0.3) is 0 Å². The predicted molar refractivity (Wildman–Crippen MR) is 80.9 cm³/mol. The van der Waals surface area contributed by atoms with Gasteiger partial charge < -0.3 is 30.6 Å². The van der Waals surface area contributed by atoms with Crippen molar-refractivity contribution in [1.29, 1.82) is 0 Å². The van der Waals surface area contributed by atoms with Gasteiger partial charge in [0.15, 0.2) is 28.6 Å². The average Bonchev–Trinajstić information content (AvgIpc) is 2.42. The van der Waals surface area contributed by atoms with Crippen molar-refractivity contribution in [2.45, 2.75) is 76.2 Å². The molecule has 0 aromatic rings. The molecule has 0 aliphatic rings. The number of aliphatic hydroxyl groups excluding tert-OH is 2. The molecular formula is C15H26O9. The van der Waals surface area contributed by atoms with Crippen LogP contribution in [0.4, 0.5) is 0 Å². The number of carbonyl (C=O) groups is 3. The first kappa shape index (κ1) is 22.8. The first-order valence-corrected chi connectivity index (χ1v) is 7.22. The summed E-state index contributed by atoms with van der Waals surface area (Å²) < 4.78 is 0. The Labute approximate surface area is 139 Å². The summed E-state index contributed by atoms with van der Waals surface area (Å²) in [6.07, 6.45) is -4.30. The highest BCUT2D eigenvalue weighted by atomic mass is 16.4. The van der Waals surface area contributed by atoms with E-state index in [9.17, 15) is 45.0 Å². The second-order valence-electron chi connectivity index (χ2n) is 6.50. The van der Waals surface area contributed by atoms with Crippen molar-refractivity contribution in [2.75, 3.05) is 0 Å². The summed E-state index contributed by atoms with van der Waals surface area (Å²) in [5.74, 6) is -3.65. The summed E-state index contributed by atoms with van der Waals surface area (Å²) in [6, 6.07) is 0. The van der Waals surface area contributed by atoms with E-state index in [2.05, 4.69) is 0 Å². The van der Waals surface area contributed by atoms with Gasteiger partial charge >= 0.3 is 0 Å². The van der Waals surface area contributed by atoms with Crippen LogP contribution in [0.1, 0.15) is 41.5 Å². The molecule has 0 amide bonds. The average molecular weight is 350 g/mol. The summed E-state index contributed by atoms with van der Waals surface area (Å²) in [5.41, 5.74) is -12.6. The summed E-state index contributed by atoms with van der Waals surface area (Å²) in [4.78, 5) is 35.4. The van der Waals surface area contributed by atoms with Crippen LogP contribution in [-0.4, -0.2) is 82.6 Å². The van der Waals surface area contributed by atoms with Crippen LogP contribution in [0.15, 0.2) is 0 Å². The Morgan fingerprint density at radius 1 is 0.833 bits per heavy atom. The quantitative estimate of drug-likeness (QED) is 0.276. The molecule has 24 heavy (non-hydrogen) atoms. The van der Waals surface area contributed by atoms with Gasteiger partial charge in [0.05, 0.1) is 6.10 Å². The van der Waals surface area contributed by atoms with E-state index in [1.54, 1.807) is 0 Å². The second kappa shape index (κ2) is 6.58. The van der Waals surface area contributed by atoms with Gasteiger partial charge in [-0.2, -0.15) is 0 Å². The van der Waals surface area contributed by atoms with E-state index in [-0.39, 0.29) is 0 Å². The van der Waals surface area contributed by atoms with Gasteiger partial charge in [-0.05, 0) is 41.5 Å². The standard InChI is InChI=1S/C15H26O9/c1-7(16)11(20)12(5,21)13(6,22)15(24,10(4)19)14(23,8(2)17)9(3)18/h8,11,17,20-24H,1-6H3/t8?,11?,12-,13+,14-,15-/m0/s1. The van der Waals surface area contributed by atoms with Crippen LogP contribution >= 0.6 is 0 Å². The fourth-order valence-corrected chi connectivity index (χ4v) is 2.86. The van der Waals surface area contributed by atoms with Crippen molar-refractivity contribution in [1.82, 2.24) is 0 Å². The molecule has 0 saturated carbocycles. The maximum Gasteiger partial charge on any atom is 0.192 e. The Hall–Kier alpha value is -1.23. The Morgan fingerprint density at radius 3 is 1.42 bits per heavy atom. The van der Waals surface area contributed by atoms with Gasteiger partial charge in [-0.15, -0.1) is 0 Å². The maximum absolute atomic E-state index is 12.1. The molecule has 0 spiro atoms. The van der Waals surface area contributed by atoms with Gasteiger partial charge in [-0.3, -0.25) is 14.4 Å². The van der Waals surface area contributed by atoms with Crippen molar-refractivity contribution < 1.29 is 45.0 Å². The zero-order valence-corrected chi connectivity index (χ0v) is 14.6. The fourth-order valence-electron chi connectivity index (χ4n) is 2.86. The largest absolute Gasteiger partial charge is 0.390 e. The minimum atomic E-state index is -3.44. The maximum atomic E-state index is 12.1. The number of carbonyl (C=O) groups excluding carboxylic acids is 3. The SMILES string of the molecule is CC(=O)C(O)[C@](C)(O)[C@@](C)(O)[C@@](O)(C(C)=O)[C@@](O)(C(C)=O)C(C)O. The monoisotopic (exact) mass is 350 g/mol. The molecule has 0 fully saturated rings. The van der Waals surface area contributed by atoms with E-state index < -0.39 is 52.0 Å². The second-order valence-corrected chi connectivity index (χ2v) is 6.50. The summed E-state index contributed by atoms with van der Waals surface area (Å²) in [6.45, 7) is 4.65. The molecule has 9 nitrogen and oxygen atoms in total. The lowest BCUT2D eigenvalue weighted by Gasteiger charge is -2.54. The van der Waals surface area contributed by atoms with Crippen molar-refractivity contribution >= 4 is 17.3 Å². The predicted octanol–water partition coefficient (Wildman–Crippen LogP) is -2.54. The molecule has 0 saturated heterocycles. The van der Waals surface area contributed by atoms with Crippen LogP contribution < -0.4 is 0 Å². The first-order chi connectivity index (χ1) is 10.4. The Morgan fingerprint density at radius 2 is 1.21 bits per heavy atom. The van der Waals surface area contributed by atoms with E-state index in [1.807, 2.05) is 0 Å². The summed E-state index contributed by atoms with van der Waals surface area (Å²) in [7, 11) is 0. The molecule has 0 heterocycles. The van der Waals surface area contributed by atoms with Crippen LogP contribution in [0.2, 0.25) is 0 Å². The zero-order valence-electron chi connectivity index (χ0n) is 14.6. The third kappa shape index (κ3) is 2.81. The smallest absolute Gasteiger partial charge is 0.192 e. The van der Waals surface area contributed by atoms with Crippen molar-refractivity contribution in [2.24, 2.45) is 0 Å². The molecule has 140 valence electrons. The molecule has 0 radical (unpaired) electrons. The van der Waals surface area contributed by atoms with Gasteiger partial charge in [-0.1, -0.05) is 0 Å². The molecule has 0 rings (SSSR count). The van der Waals surface area contributed by atoms with E-state index in [1.165, 1.54) is 0 Å². The van der Waals surface area contributed by atoms with Crippen LogP contribution in [-0.2, 0) is 14.4 Å². The molecule has 0 bridgehead atoms. The molecule has 2 unspecified atom stereocenters. The number of ketones is 3. The highest BCUT2D eigenvalue weighted by Gasteiger charge is 2.73. The molecule has 6 N–H and O–H groups in total. The van der Waals surface area contributed by atoms with E-state index in [0.29, 0.717) is 13.8 Å². The number of aliphatic hydroxyl groups is 6. The zero-order chi connectivity index (χ0) is 19.9. The van der Waals surface area contributed by atoms with Gasteiger partial charge in [0, 0.05) is 0 Å². The van der Waals surface area contributed by atoms with E-state index in [0.717, 1.165) is 27.7 Å². The number of hydrogen-bond acceptors (Lipinski definition) is 9. The van der Waals surface area contributed by atoms with Crippen molar-refractivity contribution in [3.8, 4) is 0 Å². The number of Topliss-reactive ketones (excluding diaryl/α,β-unsaturated/α-hetero) is 3. The normalized spacial score (nSPS) is 24.5. The molecule has 0 aromatic heterocycles. The molecule has 0 aliphatic heterocycles. The lowest BCUT2D eigenvalue weighted by Crippen LogP contribution is -2.82. The molecule has 0 aliphatic carbocycles. The third-order valence-corrected chi connectivity index (χ3v) is 4.81. The van der Waals surface area contributed by atoms with E-state index in [4.69, 9.17) is 0 Å².